The van der Waals surface area contributed by atoms with E-state index < -0.39 is 0 Å². The molecule has 0 aromatic carbocycles. The highest BCUT2D eigenvalue weighted by atomic mass is 16.3. The van der Waals surface area contributed by atoms with E-state index in [1.807, 2.05) is 0 Å². The number of rotatable bonds is 10. The van der Waals surface area contributed by atoms with E-state index >= 15 is 0 Å². The Morgan fingerprint density at radius 1 is 0.812 bits per heavy atom. The van der Waals surface area contributed by atoms with Crippen LogP contribution in [-0.2, 0) is 0 Å². The number of unbranched alkanes of at least 4 members (excludes halogenated alkanes) is 6. The highest BCUT2D eigenvalue weighted by Crippen LogP contribution is 2.19. The summed E-state index contributed by atoms with van der Waals surface area (Å²) in [5.41, 5.74) is 0. The van der Waals surface area contributed by atoms with Gasteiger partial charge in [-0.25, -0.2) is 0 Å². The van der Waals surface area contributed by atoms with Gasteiger partial charge in [-0.15, -0.1) is 0 Å². The van der Waals surface area contributed by atoms with Crippen LogP contribution >= 0.6 is 0 Å². The standard InChI is InChI=1S/C15H32O/c1-5-6-7-8-9-10-11-12-15(16)14(4)13(2)3/h13-16H,5-12H2,1-4H3. The van der Waals surface area contributed by atoms with Crippen LogP contribution in [0.15, 0.2) is 0 Å². The van der Waals surface area contributed by atoms with E-state index in [9.17, 15) is 5.11 Å². The lowest BCUT2D eigenvalue weighted by Gasteiger charge is -2.22. The molecule has 0 saturated heterocycles. The second kappa shape index (κ2) is 10.1. The van der Waals surface area contributed by atoms with Gasteiger partial charge < -0.3 is 5.11 Å². The Kier molecular flexibility index (Phi) is 10.1. The molecule has 1 heteroatoms. The van der Waals surface area contributed by atoms with Gasteiger partial charge in [0.1, 0.15) is 0 Å². The van der Waals surface area contributed by atoms with E-state index in [0.717, 1.165) is 6.42 Å². The molecule has 1 nitrogen and oxygen atoms in total. The third-order valence-corrected chi connectivity index (χ3v) is 3.76. The molecule has 0 radical (unpaired) electrons. The van der Waals surface area contributed by atoms with E-state index in [4.69, 9.17) is 0 Å². The monoisotopic (exact) mass is 228 g/mol. The molecule has 2 unspecified atom stereocenters. The second-order valence-electron chi connectivity index (χ2n) is 5.58. The maximum Gasteiger partial charge on any atom is 0.0568 e. The molecule has 16 heavy (non-hydrogen) atoms. The van der Waals surface area contributed by atoms with Crippen LogP contribution in [0.3, 0.4) is 0 Å². The van der Waals surface area contributed by atoms with E-state index in [1.54, 1.807) is 0 Å². The van der Waals surface area contributed by atoms with Crippen LogP contribution in [0.4, 0.5) is 0 Å². The average molecular weight is 228 g/mol. The van der Waals surface area contributed by atoms with Gasteiger partial charge in [-0.05, 0) is 18.3 Å². The van der Waals surface area contributed by atoms with Gasteiger partial charge in [-0.3, -0.25) is 0 Å². The zero-order chi connectivity index (χ0) is 12.4. The molecule has 0 aromatic heterocycles. The first kappa shape index (κ1) is 16.0. The highest BCUT2D eigenvalue weighted by molar-refractivity contribution is 4.67. The van der Waals surface area contributed by atoms with Gasteiger partial charge in [0, 0.05) is 0 Å². The minimum atomic E-state index is -0.0874. The minimum absolute atomic E-state index is 0.0874. The van der Waals surface area contributed by atoms with Crippen molar-refractivity contribution >= 4 is 0 Å². The topological polar surface area (TPSA) is 20.2 Å². The molecule has 0 aliphatic carbocycles. The fourth-order valence-electron chi connectivity index (χ4n) is 2.02. The molecule has 0 heterocycles. The molecule has 0 rings (SSSR count). The minimum Gasteiger partial charge on any atom is -0.393 e. The highest BCUT2D eigenvalue weighted by Gasteiger charge is 2.16. The fraction of sp³-hybridized carbons (Fsp3) is 1.00. The maximum absolute atomic E-state index is 9.93. The lowest BCUT2D eigenvalue weighted by Crippen LogP contribution is -2.22. The van der Waals surface area contributed by atoms with Crippen LogP contribution in [0.2, 0.25) is 0 Å². The summed E-state index contributed by atoms with van der Waals surface area (Å²) in [6.07, 6.45) is 10.2. The van der Waals surface area contributed by atoms with Gasteiger partial charge in [0.15, 0.2) is 0 Å². The molecule has 1 N–H and O–H groups in total. The van der Waals surface area contributed by atoms with E-state index in [1.165, 1.54) is 44.9 Å². The molecule has 0 aliphatic rings. The summed E-state index contributed by atoms with van der Waals surface area (Å²) in [4.78, 5) is 0. The first-order chi connectivity index (χ1) is 7.59. The van der Waals surface area contributed by atoms with E-state index in [2.05, 4.69) is 27.7 Å². The molecule has 0 amide bonds. The Labute approximate surface area is 103 Å². The lowest BCUT2D eigenvalue weighted by molar-refractivity contribution is 0.0813. The molecule has 0 spiro atoms. The molecule has 0 aliphatic heterocycles. The number of aliphatic hydroxyl groups excluding tert-OH is 1. The van der Waals surface area contributed by atoms with Crippen LogP contribution in [0, 0.1) is 11.8 Å². The van der Waals surface area contributed by atoms with Crippen LogP contribution in [-0.4, -0.2) is 11.2 Å². The Hall–Kier alpha value is -0.0400. The molecule has 2 atom stereocenters. The fourth-order valence-corrected chi connectivity index (χ4v) is 2.02. The van der Waals surface area contributed by atoms with Crippen molar-refractivity contribution in [1.29, 1.82) is 0 Å². The lowest BCUT2D eigenvalue weighted by atomic mass is 9.89. The van der Waals surface area contributed by atoms with Crippen molar-refractivity contribution in [2.75, 3.05) is 0 Å². The summed E-state index contributed by atoms with van der Waals surface area (Å²) in [6, 6.07) is 0. The Morgan fingerprint density at radius 2 is 1.31 bits per heavy atom. The molecule has 0 bridgehead atoms. The van der Waals surface area contributed by atoms with Crippen LogP contribution < -0.4 is 0 Å². The van der Waals surface area contributed by atoms with Crippen molar-refractivity contribution < 1.29 is 5.11 Å². The first-order valence-corrected chi connectivity index (χ1v) is 7.27. The summed E-state index contributed by atoms with van der Waals surface area (Å²) in [5, 5.41) is 9.93. The normalized spacial score (nSPS) is 15.4. The largest absolute Gasteiger partial charge is 0.393 e. The third-order valence-electron chi connectivity index (χ3n) is 3.76. The van der Waals surface area contributed by atoms with E-state index in [-0.39, 0.29) is 6.10 Å². The predicted molar refractivity (Wildman–Crippen MR) is 72.6 cm³/mol. The Bertz CT molecular complexity index is 142. The van der Waals surface area contributed by atoms with Crippen molar-refractivity contribution in [3.8, 4) is 0 Å². The van der Waals surface area contributed by atoms with Gasteiger partial charge in [0.25, 0.3) is 0 Å². The van der Waals surface area contributed by atoms with Gasteiger partial charge >= 0.3 is 0 Å². The third kappa shape index (κ3) is 8.15. The van der Waals surface area contributed by atoms with Crippen LogP contribution in [0.1, 0.15) is 79.1 Å². The Morgan fingerprint density at radius 3 is 1.81 bits per heavy atom. The molecule has 0 aromatic rings. The van der Waals surface area contributed by atoms with E-state index in [0.29, 0.717) is 11.8 Å². The van der Waals surface area contributed by atoms with Crippen LogP contribution in [0.5, 0.6) is 0 Å². The molecule has 0 saturated carbocycles. The molecule has 98 valence electrons. The summed E-state index contributed by atoms with van der Waals surface area (Å²) in [6.45, 7) is 8.80. The maximum atomic E-state index is 9.93. The van der Waals surface area contributed by atoms with Gasteiger partial charge in [0.05, 0.1) is 6.10 Å². The summed E-state index contributed by atoms with van der Waals surface area (Å²) in [7, 11) is 0. The molecule has 0 fully saturated rings. The van der Waals surface area contributed by atoms with Crippen molar-refractivity contribution in [3.63, 3.8) is 0 Å². The van der Waals surface area contributed by atoms with Crippen molar-refractivity contribution in [3.05, 3.63) is 0 Å². The smallest absolute Gasteiger partial charge is 0.0568 e. The molecular formula is C15H32O. The molecular weight excluding hydrogens is 196 g/mol. The zero-order valence-corrected chi connectivity index (χ0v) is 11.8. The van der Waals surface area contributed by atoms with Gasteiger partial charge in [0.2, 0.25) is 0 Å². The number of hydrogen-bond donors (Lipinski definition) is 1. The second-order valence-corrected chi connectivity index (χ2v) is 5.58. The van der Waals surface area contributed by atoms with Gasteiger partial charge in [-0.1, -0.05) is 72.6 Å². The quantitative estimate of drug-likeness (QED) is 0.533. The van der Waals surface area contributed by atoms with Crippen LogP contribution in [0.25, 0.3) is 0 Å². The summed E-state index contributed by atoms with van der Waals surface area (Å²) < 4.78 is 0. The Balaban J connectivity index is 3.31. The first-order valence-electron chi connectivity index (χ1n) is 7.27. The predicted octanol–water partition coefficient (Wildman–Crippen LogP) is 4.78. The number of aliphatic hydroxyl groups is 1. The SMILES string of the molecule is CCCCCCCCCC(O)C(C)C(C)C. The van der Waals surface area contributed by atoms with Crippen molar-refractivity contribution in [2.45, 2.75) is 85.2 Å². The zero-order valence-electron chi connectivity index (χ0n) is 11.8. The summed E-state index contributed by atoms with van der Waals surface area (Å²) >= 11 is 0. The average Bonchev–Trinajstić information content (AvgIpc) is 2.26. The van der Waals surface area contributed by atoms with Crippen molar-refractivity contribution in [2.24, 2.45) is 11.8 Å². The van der Waals surface area contributed by atoms with Gasteiger partial charge in [-0.2, -0.15) is 0 Å². The number of hydrogen-bond acceptors (Lipinski definition) is 1. The van der Waals surface area contributed by atoms with Crippen molar-refractivity contribution in [1.82, 2.24) is 0 Å². The summed E-state index contributed by atoms with van der Waals surface area (Å²) in [5.74, 6) is 1.04.